The number of rotatable bonds is 2. The van der Waals surface area contributed by atoms with Crippen molar-refractivity contribution in [3.63, 3.8) is 0 Å². The molecule has 0 rings (SSSR count). The van der Waals surface area contributed by atoms with E-state index in [0.29, 0.717) is 5.70 Å². The maximum atomic E-state index is 10.1. The number of nitrogens with one attached hydrogen (secondary N) is 1. The zero-order valence-corrected chi connectivity index (χ0v) is 5.35. The lowest BCUT2D eigenvalue weighted by molar-refractivity contribution is 0.261. The molecule has 0 aliphatic rings. The fourth-order valence-electron chi connectivity index (χ4n) is 0.413. The van der Waals surface area contributed by atoms with E-state index in [1.54, 1.807) is 19.1 Å². The Kier molecular flexibility index (Phi) is 3.52. The van der Waals surface area contributed by atoms with Crippen molar-refractivity contribution in [2.24, 2.45) is 0 Å². The second kappa shape index (κ2) is 3.95. The highest BCUT2D eigenvalue weighted by molar-refractivity contribution is 6.57. The normalized spacial score (nSPS) is 10.6. The Hall–Kier alpha value is -0.985. The van der Waals surface area contributed by atoms with Crippen LogP contribution in [0.15, 0.2) is 24.4 Å². The highest BCUT2D eigenvalue weighted by Crippen LogP contribution is 1.84. The number of allylic oxidation sites excluding steroid dienone is 3. The van der Waals surface area contributed by atoms with Gasteiger partial charge in [-0.1, -0.05) is 12.7 Å². The molecule has 1 amide bonds. The van der Waals surface area contributed by atoms with Crippen molar-refractivity contribution in [3.8, 4) is 0 Å². The monoisotopic (exact) mass is 121 g/mol. The van der Waals surface area contributed by atoms with Gasteiger partial charge in [-0.05, 0) is 13.0 Å². The van der Waals surface area contributed by atoms with Crippen LogP contribution in [0.4, 0.5) is 4.79 Å². The quantitative estimate of drug-likeness (QED) is 0.427. The van der Waals surface area contributed by atoms with Gasteiger partial charge in [0.25, 0.3) is 0 Å². The van der Waals surface area contributed by atoms with E-state index in [1.165, 1.54) is 0 Å². The van der Waals surface area contributed by atoms with Crippen molar-refractivity contribution in [1.29, 1.82) is 0 Å². The lowest BCUT2D eigenvalue weighted by atomic mass is 10.1. The van der Waals surface area contributed by atoms with Gasteiger partial charge in [0.1, 0.15) is 0 Å². The zero-order valence-electron chi connectivity index (χ0n) is 5.35. The fraction of sp³-hybridized carbons (Fsp3) is 0.167. The Morgan fingerprint density at radius 1 is 1.78 bits per heavy atom. The molecule has 0 unspecified atom stereocenters. The third-order valence-electron chi connectivity index (χ3n) is 0.688. The Morgan fingerprint density at radius 2 is 2.33 bits per heavy atom. The summed E-state index contributed by atoms with van der Waals surface area (Å²) in [5.41, 5.74) is 0.692. The predicted molar refractivity (Wildman–Crippen MR) is 38.2 cm³/mol. The van der Waals surface area contributed by atoms with Crippen molar-refractivity contribution in [1.82, 2.24) is 5.32 Å². The lowest BCUT2D eigenvalue weighted by Gasteiger charge is -1.97. The van der Waals surface area contributed by atoms with E-state index in [0.717, 1.165) is 0 Å². The molecule has 46 valence electrons. The average Bonchev–Trinajstić information content (AvgIpc) is 1.63. The summed E-state index contributed by atoms with van der Waals surface area (Å²) in [7, 11) is 4.80. The summed E-state index contributed by atoms with van der Waals surface area (Å²) < 4.78 is 0. The van der Waals surface area contributed by atoms with Crippen molar-refractivity contribution in [3.05, 3.63) is 24.4 Å². The van der Waals surface area contributed by atoms with Crippen LogP contribution in [-0.4, -0.2) is 13.7 Å². The molecule has 0 fully saturated rings. The molecule has 0 atom stereocenters. The number of hydrogen-bond acceptors (Lipinski definition) is 1. The van der Waals surface area contributed by atoms with Gasteiger partial charge in [0.15, 0.2) is 5.81 Å². The maximum absolute atomic E-state index is 10.1. The van der Waals surface area contributed by atoms with Gasteiger partial charge >= 0.3 is 0 Å². The molecule has 0 aromatic rings. The minimum Gasteiger partial charge on any atom is -0.340 e. The van der Waals surface area contributed by atoms with Crippen LogP contribution in [0.3, 0.4) is 0 Å². The van der Waals surface area contributed by atoms with Crippen LogP contribution in [0.5, 0.6) is 0 Å². The van der Waals surface area contributed by atoms with Gasteiger partial charge in [-0.25, -0.2) is 0 Å². The summed E-state index contributed by atoms with van der Waals surface area (Å²) >= 11 is 0. The second-order valence-electron chi connectivity index (χ2n) is 1.57. The number of carbonyl (C=O) groups excluding carboxylic acids is 1. The van der Waals surface area contributed by atoms with Crippen molar-refractivity contribution < 1.29 is 4.79 Å². The SMILES string of the molecule is [B]C(=O)N/C(C)=C/C=C. The van der Waals surface area contributed by atoms with Gasteiger partial charge in [-0.3, -0.25) is 4.79 Å². The van der Waals surface area contributed by atoms with Crippen LogP contribution in [-0.2, 0) is 0 Å². The van der Waals surface area contributed by atoms with Gasteiger partial charge in [0.2, 0.25) is 7.85 Å². The molecule has 0 saturated heterocycles. The highest BCUT2D eigenvalue weighted by Gasteiger charge is 1.87. The molecule has 0 aromatic heterocycles. The van der Waals surface area contributed by atoms with Crippen molar-refractivity contribution >= 4 is 13.7 Å². The predicted octanol–water partition coefficient (Wildman–Crippen LogP) is 0.954. The summed E-state index contributed by atoms with van der Waals surface area (Å²) in [5, 5.41) is 2.37. The molecule has 0 aliphatic carbocycles. The van der Waals surface area contributed by atoms with Crippen molar-refractivity contribution in [2.75, 3.05) is 0 Å². The van der Waals surface area contributed by atoms with Gasteiger partial charge < -0.3 is 5.32 Å². The molecule has 0 bridgehead atoms. The zero-order chi connectivity index (χ0) is 7.28. The van der Waals surface area contributed by atoms with E-state index in [9.17, 15) is 4.79 Å². The van der Waals surface area contributed by atoms with E-state index in [1.807, 2.05) is 0 Å². The van der Waals surface area contributed by atoms with Gasteiger partial charge in [0, 0.05) is 5.70 Å². The average molecular weight is 121 g/mol. The molecule has 2 nitrogen and oxygen atoms in total. The molecule has 0 aliphatic heterocycles. The molecule has 0 spiro atoms. The summed E-state index contributed by atoms with van der Waals surface area (Å²) in [6.45, 7) is 5.17. The lowest BCUT2D eigenvalue weighted by Crippen LogP contribution is -2.18. The van der Waals surface area contributed by atoms with Gasteiger partial charge in [0.05, 0.1) is 0 Å². The smallest absolute Gasteiger partial charge is 0.200 e. The first-order valence-corrected chi connectivity index (χ1v) is 2.52. The third kappa shape index (κ3) is 4.88. The molecule has 3 heteroatoms. The highest BCUT2D eigenvalue weighted by atomic mass is 16.1. The minimum atomic E-state index is -0.550. The number of hydrogen-bond donors (Lipinski definition) is 1. The largest absolute Gasteiger partial charge is 0.340 e. The van der Waals surface area contributed by atoms with Crippen LogP contribution >= 0.6 is 0 Å². The van der Waals surface area contributed by atoms with E-state index < -0.39 is 5.81 Å². The molecule has 0 saturated carbocycles. The number of amides is 1. The standard InChI is InChI=1S/C6H8BNO/c1-3-4-5(2)8-6(7)9/h3-4H,1H2,2H3,(H,8,9)/b5-4+. The maximum Gasteiger partial charge on any atom is 0.200 e. The van der Waals surface area contributed by atoms with Gasteiger partial charge in [-0.15, -0.1) is 0 Å². The summed E-state index contributed by atoms with van der Waals surface area (Å²) in [6.07, 6.45) is 3.23. The Balaban J connectivity index is 3.75. The first kappa shape index (κ1) is 8.01. The van der Waals surface area contributed by atoms with Crippen LogP contribution < -0.4 is 5.32 Å². The second-order valence-corrected chi connectivity index (χ2v) is 1.57. The van der Waals surface area contributed by atoms with E-state index in [-0.39, 0.29) is 0 Å². The van der Waals surface area contributed by atoms with E-state index >= 15 is 0 Å². The molecule has 2 radical (unpaired) electrons. The Bertz CT molecular complexity index is 151. The van der Waals surface area contributed by atoms with Crippen LogP contribution in [0.25, 0.3) is 0 Å². The molecule has 9 heavy (non-hydrogen) atoms. The summed E-state index contributed by atoms with van der Waals surface area (Å²) in [6, 6.07) is 0. The van der Waals surface area contributed by atoms with Crippen LogP contribution in [0.1, 0.15) is 6.92 Å². The molecule has 0 heterocycles. The first-order chi connectivity index (χ1) is 4.16. The van der Waals surface area contributed by atoms with Gasteiger partial charge in [-0.2, -0.15) is 0 Å². The topological polar surface area (TPSA) is 29.1 Å². The summed E-state index contributed by atoms with van der Waals surface area (Å²) in [5.74, 6) is -0.550. The minimum absolute atomic E-state index is 0.550. The Labute approximate surface area is 56.0 Å². The summed E-state index contributed by atoms with van der Waals surface area (Å²) in [4.78, 5) is 10.1. The van der Waals surface area contributed by atoms with Crippen LogP contribution in [0, 0.1) is 0 Å². The molecular weight excluding hydrogens is 113 g/mol. The fourth-order valence-corrected chi connectivity index (χ4v) is 0.413. The van der Waals surface area contributed by atoms with Crippen molar-refractivity contribution in [2.45, 2.75) is 6.92 Å². The Morgan fingerprint density at radius 3 is 2.67 bits per heavy atom. The first-order valence-electron chi connectivity index (χ1n) is 2.52. The molecule has 0 aromatic carbocycles. The third-order valence-corrected chi connectivity index (χ3v) is 0.688. The van der Waals surface area contributed by atoms with E-state index in [4.69, 9.17) is 7.85 Å². The van der Waals surface area contributed by atoms with E-state index in [2.05, 4.69) is 11.9 Å². The molecule has 1 N–H and O–H groups in total. The number of carbonyl (C=O) groups is 1. The van der Waals surface area contributed by atoms with Crippen LogP contribution in [0.2, 0.25) is 0 Å². The molecular formula is C6H8BNO.